The minimum Gasteiger partial charge on any atom is -0.497 e. The lowest BCUT2D eigenvalue weighted by Crippen LogP contribution is -2.41. The number of methoxy groups -OCH3 is 1. The largest absolute Gasteiger partial charge is 0.497 e. The van der Waals surface area contributed by atoms with Crippen molar-refractivity contribution < 1.29 is 17.5 Å². The van der Waals surface area contributed by atoms with E-state index in [0.717, 1.165) is 38.0 Å². The smallest absolute Gasteiger partial charge is 0.264 e. The number of ether oxygens (including phenoxy) is 1. The monoisotopic (exact) mass is 482 g/mol. The molecule has 3 aromatic rings. The van der Waals surface area contributed by atoms with E-state index in [-0.39, 0.29) is 16.6 Å². The van der Waals surface area contributed by atoms with Crippen LogP contribution in [-0.4, -0.2) is 46.6 Å². The molecule has 34 heavy (non-hydrogen) atoms. The summed E-state index contributed by atoms with van der Waals surface area (Å²) in [5, 5.41) is 0. The predicted octanol–water partition coefficient (Wildman–Crippen LogP) is 5.43. The summed E-state index contributed by atoms with van der Waals surface area (Å²) in [5.41, 5.74) is 1.98. The number of benzene rings is 3. The average molecular weight is 483 g/mol. The summed E-state index contributed by atoms with van der Waals surface area (Å²) in [5.74, 6) is 0.505. The lowest BCUT2D eigenvalue weighted by molar-refractivity contribution is 0.196. The van der Waals surface area contributed by atoms with E-state index in [1.54, 1.807) is 61.7 Å². The molecule has 1 aliphatic rings. The number of piperidine rings is 1. The minimum absolute atomic E-state index is 0.240. The van der Waals surface area contributed by atoms with Gasteiger partial charge in [-0.05, 0) is 86.4 Å². The van der Waals surface area contributed by atoms with Gasteiger partial charge in [-0.25, -0.2) is 12.8 Å². The fourth-order valence-electron chi connectivity index (χ4n) is 4.49. The van der Waals surface area contributed by atoms with Crippen LogP contribution in [0.25, 0.3) is 11.1 Å². The second kappa shape index (κ2) is 10.6. The number of hydrogen-bond donors (Lipinski definition) is 0. The highest BCUT2D eigenvalue weighted by atomic mass is 32.2. The molecule has 0 aliphatic carbocycles. The Labute approximate surface area is 201 Å². The Morgan fingerprint density at radius 3 is 2.29 bits per heavy atom. The third-order valence-electron chi connectivity index (χ3n) is 6.54. The Balaban J connectivity index is 1.81. The fourth-order valence-corrected chi connectivity index (χ4v) is 6.07. The molecule has 4 rings (SSSR count). The van der Waals surface area contributed by atoms with E-state index in [1.165, 1.54) is 16.4 Å². The van der Waals surface area contributed by atoms with Crippen LogP contribution in [0.5, 0.6) is 5.75 Å². The average Bonchev–Trinajstić information content (AvgIpc) is 2.88. The van der Waals surface area contributed by atoms with E-state index in [4.69, 9.17) is 4.74 Å². The van der Waals surface area contributed by atoms with E-state index >= 15 is 0 Å². The standard InChI is InChI=1S/C27H31FN2O3S/c1-3-29-17-15-21(16-18-29)20-30(34(31,32)25-7-5-4-6-8-25)27-14-13-24(33-2)19-26(27)22-9-11-23(28)12-10-22/h4-14,19,21H,3,15-18,20H2,1-2H3. The van der Waals surface area contributed by atoms with Gasteiger partial charge in [0.15, 0.2) is 0 Å². The highest BCUT2D eigenvalue weighted by Crippen LogP contribution is 2.38. The third-order valence-corrected chi connectivity index (χ3v) is 8.33. The number of hydrogen-bond acceptors (Lipinski definition) is 4. The molecular weight excluding hydrogens is 451 g/mol. The van der Waals surface area contributed by atoms with E-state index in [2.05, 4.69) is 11.8 Å². The topological polar surface area (TPSA) is 49.9 Å². The molecule has 7 heteroatoms. The first-order valence-electron chi connectivity index (χ1n) is 11.7. The molecule has 180 valence electrons. The summed E-state index contributed by atoms with van der Waals surface area (Å²) in [6.45, 7) is 5.47. The number of sulfonamides is 1. The molecule has 0 unspecified atom stereocenters. The molecule has 1 heterocycles. The van der Waals surface area contributed by atoms with Crippen LogP contribution in [0, 0.1) is 11.7 Å². The lowest BCUT2D eigenvalue weighted by Gasteiger charge is -2.35. The molecule has 1 saturated heterocycles. The molecule has 0 aromatic heterocycles. The van der Waals surface area contributed by atoms with Crippen molar-refractivity contribution in [3.8, 4) is 16.9 Å². The van der Waals surface area contributed by atoms with Gasteiger partial charge in [0.05, 0.1) is 17.7 Å². The summed E-state index contributed by atoms with van der Waals surface area (Å²) < 4.78 is 48.5. The Hall–Kier alpha value is -2.90. The number of nitrogens with zero attached hydrogens (tertiary/aromatic N) is 2. The van der Waals surface area contributed by atoms with Gasteiger partial charge in [0.25, 0.3) is 10.0 Å². The Morgan fingerprint density at radius 1 is 1.00 bits per heavy atom. The summed E-state index contributed by atoms with van der Waals surface area (Å²) in [6, 6.07) is 20.0. The molecule has 0 amide bonds. The van der Waals surface area contributed by atoms with Crippen molar-refractivity contribution in [2.75, 3.05) is 37.6 Å². The number of halogens is 1. The van der Waals surface area contributed by atoms with Gasteiger partial charge >= 0.3 is 0 Å². The zero-order chi connectivity index (χ0) is 24.1. The van der Waals surface area contributed by atoms with Crippen LogP contribution in [0.4, 0.5) is 10.1 Å². The SMILES string of the molecule is CCN1CCC(CN(c2ccc(OC)cc2-c2ccc(F)cc2)S(=O)(=O)c2ccccc2)CC1. The van der Waals surface area contributed by atoms with Crippen molar-refractivity contribution in [3.63, 3.8) is 0 Å². The highest BCUT2D eigenvalue weighted by molar-refractivity contribution is 7.92. The van der Waals surface area contributed by atoms with Crippen molar-refractivity contribution in [3.05, 3.63) is 78.6 Å². The quantitative estimate of drug-likeness (QED) is 0.430. The summed E-state index contributed by atoms with van der Waals surface area (Å²) in [4.78, 5) is 2.64. The maximum absolute atomic E-state index is 13.9. The second-order valence-electron chi connectivity index (χ2n) is 8.62. The van der Waals surface area contributed by atoms with Crippen LogP contribution in [0.3, 0.4) is 0 Å². The Morgan fingerprint density at radius 2 is 1.68 bits per heavy atom. The van der Waals surface area contributed by atoms with E-state index < -0.39 is 10.0 Å². The molecule has 0 radical (unpaired) electrons. The zero-order valence-corrected chi connectivity index (χ0v) is 20.5. The predicted molar refractivity (Wildman–Crippen MR) is 134 cm³/mol. The fraction of sp³-hybridized carbons (Fsp3) is 0.333. The van der Waals surface area contributed by atoms with Gasteiger partial charge in [-0.15, -0.1) is 0 Å². The summed E-state index contributed by atoms with van der Waals surface area (Å²) >= 11 is 0. The van der Waals surface area contributed by atoms with Gasteiger partial charge in [-0.2, -0.15) is 0 Å². The molecule has 3 aromatic carbocycles. The van der Waals surface area contributed by atoms with Crippen LogP contribution >= 0.6 is 0 Å². The van der Waals surface area contributed by atoms with Crippen molar-refractivity contribution >= 4 is 15.7 Å². The van der Waals surface area contributed by atoms with Gasteiger partial charge in [-0.1, -0.05) is 37.3 Å². The first kappa shape index (κ1) is 24.2. The molecule has 0 atom stereocenters. The van der Waals surface area contributed by atoms with Crippen LogP contribution in [0.15, 0.2) is 77.7 Å². The molecule has 1 fully saturated rings. The van der Waals surface area contributed by atoms with Gasteiger partial charge in [0, 0.05) is 12.1 Å². The molecule has 0 spiro atoms. The maximum atomic E-state index is 13.9. The summed E-state index contributed by atoms with van der Waals surface area (Å²) in [6.07, 6.45) is 1.88. The highest BCUT2D eigenvalue weighted by Gasteiger charge is 2.31. The van der Waals surface area contributed by atoms with Crippen LogP contribution in [0.2, 0.25) is 0 Å². The molecular formula is C27H31FN2O3S. The van der Waals surface area contributed by atoms with Gasteiger partial charge in [0.1, 0.15) is 11.6 Å². The molecule has 1 aliphatic heterocycles. The van der Waals surface area contributed by atoms with E-state index in [9.17, 15) is 12.8 Å². The third kappa shape index (κ3) is 5.26. The number of rotatable bonds is 8. The van der Waals surface area contributed by atoms with Crippen molar-refractivity contribution in [1.29, 1.82) is 0 Å². The number of anilines is 1. The van der Waals surface area contributed by atoms with E-state index in [0.29, 0.717) is 23.5 Å². The second-order valence-corrected chi connectivity index (χ2v) is 10.5. The van der Waals surface area contributed by atoms with E-state index in [1.807, 2.05) is 6.07 Å². The van der Waals surface area contributed by atoms with Gasteiger partial charge in [-0.3, -0.25) is 4.31 Å². The maximum Gasteiger partial charge on any atom is 0.264 e. The van der Waals surface area contributed by atoms with Crippen molar-refractivity contribution in [2.45, 2.75) is 24.7 Å². The van der Waals surface area contributed by atoms with Crippen molar-refractivity contribution in [1.82, 2.24) is 4.90 Å². The first-order valence-corrected chi connectivity index (χ1v) is 13.1. The van der Waals surface area contributed by atoms with Gasteiger partial charge < -0.3 is 9.64 Å². The Bertz CT molecular complexity index is 1190. The van der Waals surface area contributed by atoms with Crippen LogP contribution in [-0.2, 0) is 10.0 Å². The lowest BCUT2D eigenvalue weighted by atomic mass is 9.96. The normalized spacial score (nSPS) is 15.3. The first-order chi connectivity index (χ1) is 16.4. The Kier molecular flexibility index (Phi) is 7.54. The molecule has 0 N–H and O–H groups in total. The number of likely N-dealkylation sites (tertiary alicyclic amines) is 1. The van der Waals surface area contributed by atoms with Crippen molar-refractivity contribution in [2.24, 2.45) is 5.92 Å². The summed E-state index contributed by atoms with van der Waals surface area (Å²) in [7, 11) is -2.25. The molecule has 5 nitrogen and oxygen atoms in total. The molecule has 0 saturated carbocycles. The minimum atomic E-state index is -3.83. The van der Waals surface area contributed by atoms with Gasteiger partial charge in [0.2, 0.25) is 0 Å². The molecule has 0 bridgehead atoms. The van der Waals surface area contributed by atoms with Crippen LogP contribution < -0.4 is 9.04 Å². The zero-order valence-electron chi connectivity index (χ0n) is 19.7. The van der Waals surface area contributed by atoms with Crippen LogP contribution in [0.1, 0.15) is 19.8 Å².